The van der Waals surface area contributed by atoms with Crippen LogP contribution < -0.4 is 10.5 Å². The van der Waals surface area contributed by atoms with E-state index in [4.69, 9.17) is 22.1 Å². The lowest BCUT2D eigenvalue weighted by atomic mass is 10.2. The highest BCUT2D eigenvalue weighted by Crippen LogP contribution is 2.29. The number of hydrogen-bond acceptors (Lipinski definition) is 2. The van der Waals surface area contributed by atoms with Gasteiger partial charge in [-0.15, -0.1) is 0 Å². The van der Waals surface area contributed by atoms with Gasteiger partial charge in [-0.2, -0.15) is 0 Å². The lowest BCUT2D eigenvalue weighted by Crippen LogP contribution is -2.00. The molecule has 0 bridgehead atoms. The van der Waals surface area contributed by atoms with E-state index >= 15 is 0 Å². The number of halogens is 3. The lowest BCUT2D eigenvalue weighted by Gasteiger charge is -2.10. The molecule has 0 saturated carbocycles. The van der Waals surface area contributed by atoms with Crippen LogP contribution in [0.4, 0.5) is 5.69 Å². The molecule has 18 heavy (non-hydrogen) atoms. The molecule has 5 heteroatoms. The summed E-state index contributed by atoms with van der Waals surface area (Å²) < 4.78 is 7.52. The number of ether oxygens (including phenoxy) is 1. The molecule has 0 spiro atoms. The Hall–Kier alpha value is -0.710. The van der Waals surface area contributed by atoms with Gasteiger partial charge in [0.25, 0.3) is 0 Å². The second kappa shape index (κ2) is 5.95. The fourth-order valence-electron chi connectivity index (χ4n) is 1.45. The number of anilines is 1. The Morgan fingerprint density at radius 3 is 2.39 bits per heavy atom. The Labute approximate surface area is 127 Å². The Bertz CT molecular complexity index is 523. The highest BCUT2D eigenvalue weighted by atomic mass is 79.9. The average molecular weight is 391 g/mol. The monoisotopic (exact) mass is 389 g/mol. The van der Waals surface area contributed by atoms with Gasteiger partial charge in [0.15, 0.2) is 0 Å². The smallest absolute Gasteiger partial charge is 0.138 e. The molecule has 2 rings (SSSR count). The quantitative estimate of drug-likeness (QED) is 0.745. The van der Waals surface area contributed by atoms with Crippen molar-refractivity contribution in [1.82, 2.24) is 0 Å². The van der Waals surface area contributed by atoms with Crippen LogP contribution in [-0.2, 0) is 6.61 Å². The fourth-order valence-corrected chi connectivity index (χ4v) is 2.55. The molecule has 0 aliphatic heterocycles. The summed E-state index contributed by atoms with van der Waals surface area (Å²) in [6.07, 6.45) is 0. The SMILES string of the molecule is Nc1cc(Br)ccc1COc1ccc(Br)cc1Cl. The van der Waals surface area contributed by atoms with Crippen LogP contribution in [0.5, 0.6) is 5.75 Å². The average Bonchev–Trinajstić information content (AvgIpc) is 2.30. The first-order valence-corrected chi connectivity index (χ1v) is 7.14. The number of nitrogens with two attached hydrogens (primary N) is 1. The molecular weight excluding hydrogens is 381 g/mol. The predicted octanol–water partition coefficient (Wildman–Crippen LogP) is 5.03. The minimum absolute atomic E-state index is 0.389. The first kappa shape index (κ1) is 13.7. The van der Waals surface area contributed by atoms with Crippen molar-refractivity contribution in [3.63, 3.8) is 0 Å². The van der Waals surface area contributed by atoms with Gasteiger partial charge < -0.3 is 10.5 Å². The molecule has 0 radical (unpaired) electrons. The number of rotatable bonds is 3. The van der Waals surface area contributed by atoms with Gasteiger partial charge in [0.05, 0.1) is 5.02 Å². The first-order valence-electron chi connectivity index (χ1n) is 5.18. The van der Waals surface area contributed by atoms with Crippen LogP contribution in [0.1, 0.15) is 5.56 Å². The van der Waals surface area contributed by atoms with Gasteiger partial charge in [0, 0.05) is 20.2 Å². The summed E-state index contributed by atoms with van der Waals surface area (Å²) >= 11 is 12.8. The van der Waals surface area contributed by atoms with E-state index in [1.165, 1.54) is 0 Å². The topological polar surface area (TPSA) is 35.2 Å². The maximum Gasteiger partial charge on any atom is 0.138 e. The highest BCUT2D eigenvalue weighted by molar-refractivity contribution is 9.10. The molecule has 0 unspecified atom stereocenters. The molecule has 0 fully saturated rings. The van der Waals surface area contributed by atoms with Gasteiger partial charge in [0.1, 0.15) is 12.4 Å². The standard InChI is InChI=1S/C13H10Br2ClNO/c14-9-3-4-13(11(16)5-9)18-7-8-1-2-10(15)6-12(8)17/h1-6H,7,17H2. The van der Waals surface area contributed by atoms with Crippen molar-refractivity contribution in [2.24, 2.45) is 0 Å². The summed E-state index contributed by atoms with van der Waals surface area (Å²) in [4.78, 5) is 0. The maximum atomic E-state index is 6.07. The number of benzene rings is 2. The lowest BCUT2D eigenvalue weighted by molar-refractivity contribution is 0.307. The largest absolute Gasteiger partial charge is 0.487 e. The molecule has 2 aromatic rings. The third-order valence-corrected chi connectivity index (χ3v) is 3.67. The van der Waals surface area contributed by atoms with E-state index in [1.54, 1.807) is 6.07 Å². The second-order valence-electron chi connectivity index (χ2n) is 3.71. The van der Waals surface area contributed by atoms with Gasteiger partial charge in [-0.25, -0.2) is 0 Å². The van der Waals surface area contributed by atoms with Crippen LogP contribution in [0.25, 0.3) is 0 Å². The van der Waals surface area contributed by atoms with Crippen LogP contribution >= 0.6 is 43.5 Å². The van der Waals surface area contributed by atoms with E-state index in [0.717, 1.165) is 14.5 Å². The molecule has 2 nitrogen and oxygen atoms in total. The molecule has 2 N–H and O–H groups in total. The van der Waals surface area contributed by atoms with Crippen molar-refractivity contribution < 1.29 is 4.74 Å². The van der Waals surface area contributed by atoms with Crippen LogP contribution in [0.3, 0.4) is 0 Å². The minimum Gasteiger partial charge on any atom is -0.487 e. The second-order valence-corrected chi connectivity index (χ2v) is 5.95. The molecule has 0 heterocycles. The van der Waals surface area contributed by atoms with Crippen LogP contribution in [0.15, 0.2) is 45.3 Å². The number of hydrogen-bond donors (Lipinski definition) is 1. The van der Waals surface area contributed by atoms with Crippen LogP contribution in [0.2, 0.25) is 5.02 Å². The van der Waals surface area contributed by atoms with Gasteiger partial charge in [-0.05, 0) is 30.3 Å². The minimum atomic E-state index is 0.389. The summed E-state index contributed by atoms with van der Waals surface area (Å²) in [7, 11) is 0. The van der Waals surface area contributed by atoms with Crippen molar-refractivity contribution in [3.8, 4) is 5.75 Å². The van der Waals surface area contributed by atoms with Crippen molar-refractivity contribution >= 4 is 49.1 Å². The van der Waals surface area contributed by atoms with Gasteiger partial charge in [-0.3, -0.25) is 0 Å². The van der Waals surface area contributed by atoms with Gasteiger partial charge in [0.2, 0.25) is 0 Å². The van der Waals surface area contributed by atoms with Gasteiger partial charge in [-0.1, -0.05) is 49.5 Å². The third-order valence-electron chi connectivity index (χ3n) is 2.39. The molecule has 0 amide bonds. The molecule has 0 aliphatic carbocycles. The molecule has 0 atom stereocenters. The molecule has 0 saturated heterocycles. The van der Waals surface area contributed by atoms with E-state index in [0.29, 0.717) is 23.1 Å². The van der Waals surface area contributed by atoms with E-state index < -0.39 is 0 Å². The van der Waals surface area contributed by atoms with Crippen molar-refractivity contribution in [3.05, 3.63) is 55.9 Å². The zero-order valence-corrected chi connectivity index (χ0v) is 13.2. The summed E-state index contributed by atoms with van der Waals surface area (Å²) in [5, 5.41) is 0.569. The predicted molar refractivity (Wildman–Crippen MR) is 82.0 cm³/mol. The Balaban J connectivity index is 2.11. The van der Waals surface area contributed by atoms with Gasteiger partial charge >= 0.3 is 0 Å². The molecule has 0 aromatic heterocycles. The van der Waals surface area contributed by atoms with E-state index in [9.17, 15) is 0 Å². The van der Waals surface area contributed by atoms with E-state index in [-0.39, 0.29) is 0 Å². The van der Waals surface area contributed by atoms with Crippen molar-refractivity contribution in [2.45, 2.75) is 6.61 Å². The van der Waals surface area contributed by atoms with Crippen molar-refractivity contribution in [1.29, 1.82) is 0 Å². The van der Waals surface area contributed by atoms with E-state index in [1.807, 2.05) is 30.3 Å². The zero-order valence-electron chi connectivity index (χ0n) is 9.29. The van der Waals surface area contributed by atoms with E-state index in [2.05, 4.69) is 31.9 Å². The Morgan fingerprint density at radius 2 is 1.72 bits per heavy atom. The molecule has 2 aromatic carbocycles. The fraction of sp³-hybridized carbons (Fsp3) is 0.0769. The van der Waals surface area contributed by atoms with Crippen molar-refractivity contribution in [2.75, 3.05) is 5.73 Å². The number of nitrogen functional groups attached to an aromatic ring is 1. The Morgan fingerprint density at radius 1 is 1.06 bits per heavy atom. The van der Waals surface area contributed by atoms with Crippen LogP contribution in [-0.4, -0.2) is 0 Å². The summed E-state index contributed by atoms with van der Waals surface area (Å²) in [6.45, 7) is 0.389. The summed E-state index contributed by atoms with van der Waals surface area (Å²) in [5.74, 6) is 0.641. The normalized spacial score (nSPS) is 10.4. The highest BCUT2D eigenvalue weighted by Gasteiger charge is 2.05. The molecule has 94 valence electrons. The molecule has 0 aliphatic rings. The maximum absolute atomic E-state index is 6.07. The summed E-state index contributed by atoms with van der Waals surface area (Å²) in [6, 6.07) is 11.2. The first-order chi connectivity index (χ1) is 8.56. The zero-order chi connectivity index (χ0) is 13.1. The summed E-state index contributed by atoms with van der Waals surface area (Å²) in [5.41, 5.74) is 7.52. The third kappa shape index (κ3) is 3.40. The molecular formula is C13H10Br2ClNO. The van der Waals surface area contributed by atoms with Crippen LogP contribution in [0, 0.1) is 0 Å². The Kier molecular flexibility index (Phi) is 4.54.